The Kier molecular flexibility index (Phi) is 4.08. The molecule has 1 amide bonds. The first-order valence-electron chi connectivity index (χ1n) is 7.07. The van der Waals surface area contributed by atoms with Crippen LogP contribution in [0.25, 0.3) is 0 Å². The first kappa shape index (κ1) is 14.0. The minimum Gasteiger partial charge on any atom is -0.353 e. The minimum atomic E-state index is -0.154. The SMILES string of the molecule is O=C1CCC2CN(Cc3ccc(Br)cc3F)CCC2N1. The van der Waals surface area contributed by atoms with Gasteiger partial charge in [-0.1, -0.05) is 22.0 Å². The summed E-state index contributed by atoms with van der Waals surface area (Å²) < 4.78 is 14.6. The van der Waals surface area contributed by atoms with E-state index in [4.69, 9.17) is 0 Å². The highest BCUT2D eigenvalue weighted by Crippen LogP contribution is 2.27. The van der Waals surface area contributed by atoms with Crippen molar-refractivity contribution in [3.63, 3.8) is 0 Å². The minimum absolute atomic E-state index is 0.154. The van der Waals surface area contributed by atoms with Crippen LogP contribution in [0.2, 0.25) is 0 Å². The van der Waals surface area contributed by atoms with Gasteiger partial charge in [0, 0.05) is 42.1 Å². The molecule has 2 aliphatic heterocycles. The van der Waals surface area contributed by atoms with Gasteiger partial charge in [-0.05, 0) is 30.9 Å². The molecule has 2 aliphatic rings. The molecule has 2 heterocycles. The monoisotopic (exact) mass is 340 g/mol. The Morgan fingerprint density at radius 3 is 3.05 bits per heavy atom. The number of hydrogen-bond donors (Lipinski definition) is 1. The van der Waals surface area contributed by atoms with Crippen molar-refractivity contribution in [2.45, 2.75) is 31.8 Å². The normalized spacial score (nSPS) is 27.0. The molecule has 0 spiro atoms. The van der Waals surface area contributed by atoms with E-state index in [1.807, 2.05) is 12.1 Å². The number of piperidine rings is 2. The average Bonchev–Trinajstić information content (AvgIpc) is 2.42. The molecule has 2 atom stereocenters. The molecule has 3 nitrogen and oxygen atoms in total. The second-order valence-corrected chi connectivity index (χ2v) is 6.65. The van der Waals surface area contributed by atoms with Crippen molar-refractivity contribution in [3.8, 4) is 0 Å². The van der Waals surface area contributed by atoms with Gasteiger partial charge in [-0.3, -0.25) is 9.69 Å². The van der Waals surface area contributed by atoms with Crippen LogP contribution >= 0.6 is 15.9 Å². The van der Waals surface area contributed by atoms with Crippen molar-refractivity contribution >= 4 is 21.8 Å². The summed E-state index contributed by atoms with van der Waals surface area (Å²) in [5.41, 5.74) is 0.742. The number of carbonyl (C=O) groups is 1. The van der Waals surface area contributed by atoms with Gasteiger partial charge in [0.15, 0.2) is 0 Å². The Hall–Kier alpha value is -0.940. The Morgan fingerprint density at radius 2 is 2.25 bits per heavy atom. The molecule has 0 aliphatic carbocycles. The highest BCUT2D eigenvalue weighted by molar-refractivity contribution is 9.10. The van der Waals surface area contributed by atoms with Crippen molar-refractivity contribution in [3.05, 3.63) is 34.1 Å². The summed E-state index contributed by atoms with van der Waals surface area (Å²) in [5.74, 6) is 0.539. The topological polar surface area (TPSA) is 32.3 Å². The largest absolute Gasteiger partial charge is 0.353 e. The molecule has 3 rings (SSSR count). The smallest absolute Gasteiger partial charge is 0.220 e. The van der Waals surface area contributed by atoms with E-state index in [0.717, 1.165) is 36.0 Å². The van der Waals surface area contributed by atoms with E-state index in [2.05, 4.69) is 26.1 Å². The van der Waals surface area contributed by atoms with E-state index in [1.165, 1.54) is 6.07 Å². The number of benzene rings is 1. The number of nitrogens with one attached hydrogen (secondary N) is 1. The van der Waals surface area contributed by atoms with E-state index in [-0.39, 0.29) is 11.7 Å². The number of likely N-dealkylation sites (tertiary alicyclic amines) is 1. The van der Waals surface area contributed by atoms with E-state index in [1.54, 1.807) is 0 Å². The molecule has 1 aromatic rings. The lowest BCUT2D eigenvalue weighted by Crippen LogP contribution is -2.53. The lowest BCUT2D eigenvalue weighted by molar-refractivity contribution is -0.125. The fraction of sp³-hybridized carbons (Fsp3) is 0.533. The Labute approximate surface area is 126 Å². The molecule has 2 fully saturated rings. The lowest BCUT2D eigenvalue weighted by Gasteiger charge is -2.41. The molecule has 108 valence electrons. The summed E-state index contributed by atoms with van der Waals surface area (Å²) in [5, 5.41) is 3.08. The van der Waals surface area contributed by atoms with Gasteiger partial charge in [0.05, 0.1) is 0 Å². The van der Waals surface area contributed by atoms with Crippen LogP contribution in [0.3, 0.4) is 0 Å². The Bertz CT molecular complexity index is 523. The molecule has 20 heavy (non-hydrogen) atoms. The molecule has 2 unspecified atom stereocenters. The first-order chi connectivity index (χ1) is 9.61. The van der Waals surface area contributed by atoms with Crippen LogP contribution in [0, 0.1) is 11.7 Å². The molecule has 0 bridgehead atoms. The van der Waals surface area contributed by atoms with Gasteiger partial charge < -0.3 is 5.32 Å². The quantitative estimate of drug-likeness (QED) is 0.897. The van der Waals surface area contributed by atoms with E-state index in [0.29, 0.717) is 24.9 Å². The number of nitrogens with zero attached hydrogens (tertiary/aromatic N) is 1. The van der Waals surface area contributed by atoms with Crippen LogP contribution in [-0.4, -0.2) is 29.9 Å². The third kappa shape index (κ3) is 3.04. The fourth-order valence-electron chi connectivity index (χ4n) is 3.22. The Morgan fingerprint density at radius 1 is 1.40 bits per heavy atom. The van der Waals surface area contributed by atoms with Gasteiger partial charge >= 0.3 is 0 Å². The molecule has 1 N–H and O–H groups in total. The maximum absolute atomic E-state index is 13.9. The van der Waals surface area contributed by atoms with Gasteiger partial charge in [-0.2, -0.15) is 0 Å². The van der Waals surface area contributed by atoms with Gasteiger partial charge in [-0.25, -0.2) is 4.39 Å². The predicted molar refractivity (Wildman–Crippen MR) is 78.6 cm³/mol. The third-order valence-corrected chi connectivity index (χ3v) is 4.81. The molecule has 2 saturated heterocycles. The first-order valence-corrected chi connectivity index (χ1v) is 7.87. The van der Waals surface area contributed by atoms with Crippen LogP contribution in [0.1, 0.15) is 24.8 Å². The zero-order valence-electron chi connectivity index (χ0n) is 11.2. The number of halogens is 2. The number of carbonyl (C=O) groups excluding carboxylic acids is 1. The highest BCUT2D eigenvalue weighted by atomic mass is 79.9. The summed E-state index contributed by atoms with van der Waals surface area (Å²) in [7, 11) is 0. The molecular weight excluding hydrogens is 323 g/mol. The maximum Gasteiger partial charge on any atom is 0.220 e. The van der Waals surface area contributed by atoms with E-state index < -0.39 is 0 Å². The zero-order valence-corrected chi connectivity index (χ0v) is 12.8. The van der Waals surface area contributed by atoms with E-state index in [9.17, 15) is 9.18 Å². The standard InChI is InChI=1S/C15H18BrFN2O/c16-12-3-1-10(13(17)7-12)8-19-6-5-14-11(9-19)2-4-15(20)18-14/h1,3,7,11,14H,2,4-6,8-9H2,(H,18,20). The summed E-state index contributed by atoms with van der Waals surface area (Å²) in [6.07, 6.45) is 2.55. The van der Waals surface area contributed by atoms with Crippen molar-refractivity contribution in [2.75, 3.05) is 13.1 Å². The lowest BCUT2D eigenvalue weighted by atomic mass is 9.85. The summed E-state index contributed by atoms with van der Waals surface area (Å²) in [6, 6.07) is 5.56. The summed E-state index contributed by atoms with van der Waals surface area (Å²) in [4.78, 5) is 13.7. The van der Waals surface area contributed by atoms with Crippen molar-refractivity contribution in [1.82, 2.24) is 10.2 Å². The van der Waals surface area contributed by atoms with E-state index >= 15 is 0 Å². The van der Waals surface area contributed by atoms with Crippen LogP contribution < -0.4 is 5.32 Å². The highest BCUT2D eigenvalue weighted by Gasteiger charge is 2.33. The predicted octanol–water partition coefficient (Wildman–Crippen LogP) is 2.69. The third-order valence-electron chi connectivity index (χ3n) is 4.32. The van der Waals surface area contributed by atoms with Gasteiger partial charge in [0.1, 0.15) is 5.82 Å². The molecule has 0 aromatic heterocycles. The van der Waals surface area contributed by atoms with Crippen molar-refractivity contribution in [2.24, 2.45) is 5.92 Å². The van der Waals surface area contributed by atoms with Gasteiger partial charge in [0.2, 0.25) is 5.91 Å². The van der Waals surface area contributed by atoms with Crippen LogP contribution in [0.15, 0.2) is 22.7 Å². The molecule has 1 aromatic carbocycles. The number of hydrogen-bond acceptors (Lipinski definition) is 2. The number of fused-ring (bicyclic) bond motifs is 1. The van der Waals surface area contributed by atoms with Crippen LogP contribution in [-0.2, 0) is 11.3 Å². The molecular formula is C15H18BrFN2O. The number of rotatable bonds is 2. The summed E-state index contributed by atoms with van der Waals surface area (Å²) >= 11 is 3.28. The summed E-state index contributed by atoms with van der Waals surface area (Å²) in [6.45, 7) is 2.51. The second kappa shape index (κ2) is 5.82. The van der Waals surface area contributed by atoms with Gasteiger partial charge in [-0.15, -0.1) is 0 Å². The van der Waals surface area contributed by atoms with Gasteiger partial charge in [0.25, 0.3) is 0 Å². The fourth-order valence-corrected chi connectivity index (χ4v) is 3.55. The van der Waals surface area contributed by atoms with Crippen LogP contribution in [0.4, 0.5) is 4.39 Å². The Balaban J connectivity index is 1.63. The zero-order chi connectivity index (χ0) is 14.1. The average molecular weight is 341 g/mol. The molecule has 0 radical (unpaired) electrons. The molecule has 0 saturated carbocycles. The second-order valence-electron chi connectivity index (χ2n) is 5.73. The maximum atomic E-state index is 13.9. The molecule has 5 heteroatoms. The van der Waals surface area contributed by atoms with Crippen LogP contribution in [0.5, 0.6) is 0 Å². The van der Waals surface area contributed by atoms with Crippen molar-refractivity contribution in [1.29, 1.82) is 0 Å². The van der Waals surface area contributed by atoms with Crippen molar-refractivity contribution < 1.29 is 9.18 Å². The number of amides is 1.